The molecule has 4 rings (SSSR count). The fraction of sp³-hybridized carbons (Fsp3) is 0.400. The Bertz CT molecular complexity index is 1020. The Morgan fingerprint density at radius 1 is 1.34 bits per heavy atom. The highest BCUT2D eigenvalue weighted by Gasteiger charge is 2.24. The third-order valence-corrected chi connectivity index (χ3v) is 6.21. The van der Waals surface area contributed by atoms with E-state index in [9.17, 15) is 9.50 Å². The first-order valence-electron chi connectivity index (χ1n) is 9.40. The minimum Gasteiger partial charge on any atom is -0.494 e. The van der Waals surface area contributed by atoms with E-state index in [4.69, 9.17) is 21.1 Å². The summed E-state index contributed by atoms with van der Waals surface area (Å²) in [5.74, 6) is 0.520. The molecule has 1 fully saturated rings. The number of halogens is 2. The fourth-order valence-corrected chi connectivity index (χ4v) is 4.59. The first-order valence-corrected chi connectivity index (χ1v) is 10.6. The van der Waals surface area contributed by atoms with Crippen molar-refractivity contribution in [2.24, 2.45) is 0 Å². The molecule has 9 heteroatoms. The van der Waals surface area contributed by atoms with Crippen LogP contribution in [0.15, 0.2) is 24.4 Å². The number of nitrogens with one attached hydrogen (secondary N) is 1. The molecule has 2 aromatic heterocycles. The number of methoxy groups -OCH3 is 1. The average molecular weight is 438 g/mol. The van der Waals surface area contributed by atoms with Gasteiger partial charge in [-0.25, -0.2) is 14.4 Å². The number of aliphatic hydroxyl groups is 1. The quantitative estimate of drug-likeness (QED) is 0.540. The molecule has 0 bridgehead atoms. The molecule has 2 N–H and O–H groups in total. The van der Waals surface area contributed by atoms with Gasteiger partial charge in [0.1, 0.15) is 23.6 Å². The SMILES string of the molecule is COc1cc(OCc2ccnc(Cl)c2F)cc2sc(N[C@H]3CCCC[C@@H]3O)nc12. The summed E-state index contributed by atoms with van der Waals surface area (Å²) in [6.45, 7) is 0.0148. The summed E-state index contributed by atoms with van der Waals surface area (Å²) in [5.41, 5.74) is 1.04. The van der Waals surface area contributed by atoms with Crippen molar-refractivity contribution in [1.82, 2.24) is 9.97 Å². The lowest BCUT2D eigenvalue weighted by Gasteiger charge is -2.27. The van der Waals surface area contributed by atoms with Gasteiger partial charge < -0.3 is 19.9 Å². The summed E-state index contributed by atoms with van der Waals surface area (Å²) < 4.78 is 26.1. The van der Waals surface area contributed by atoms with E-state index < -0.39 is 5.82 Å². The van der Waals surface area contributed by atoms with E-state index in [2.05, 4.69) is 15.3 Å². The standard InChI is InChI=1S/C20H21ClFN3O3S/c1-27-15-8-12(28-10-11-6-7-23-19(21)17(11)22)9-16-18(15)25-20(29-16)24-13-4-2-3-5-14(13)26/h6-9,13-14,26H,2-5,10H2,1H3,(H,24,25)/t13-,14-/m0/s1. The summed E-state index contributed by atoms with van der Waals surface area (Å²) in [4.78, 5) is 8.33. The number of pyridine rings is 1. The molecule has 6 nitrogen and oxygen atoms in total. The van der Waals surface area contributed by atoms with Gasteiger partial charge in [-0.15, -0.1) is 0 Å². The fourth-order valence-electron chi connectivity index (χ4n) is 3.44. The predicted octanol–water partition coefficient (Wildman–Crippen LogP) is 4.79. The van der Waals surface area contributed by atoms with Crippen molar-refractivity contribution >= 4 is 38.3 Å². The zero-order valence-electron chi connectivity index (χ0n) is 15.8. The van der Waals surface area contributed by atoms with Crippen molar-refractivity contribution < 1.29 is 19.0 Å². The van der Waals surface area contributed by atoms with E-state index in [1.54, 1.807) is 13.2 Å². The number of hydrogen-bond donors (Lipinski definition) is 2. The highest BCUT2D eigenvalue weighted by atomic mass is 35.5. The number of anilines is 1. The Kier molecular flexibility index (Phi) is 6.03. The summed E-state index contributed by atoms with van der Waals surface area (Å²) in [5, 5.41) is 14.1. The molecular formula is C20H21ClFN3O3S. The molecule has 0 amide bonds. The third kappa shape index (κ3) is 4.39. The van der Waals surface area contributed by atoms with Gasteiger partial charge in [-0.1, -0.05) is 35.8 Å². The topological polar surface area (TPSA) is 76.5 Å². The van der Waals surface area contributed by atoms with Crippen LogP contribution in [-0.4, -0.2) is 34.3 Å². The number of benzene rings is 1. The lowest BCUT2D eigenvalue weighted by atomic mass is 9.93. The molecule has 3 aromatic rings. The van der Waals surface area contributed by atoms with Crippen LogP contribution in [0, 0.1) is 5.82 Å². The lowest BCUT2D eigenvalue weighted by molar-refractivity contribution is 0.116. The molecule has 1 saturated carbocycles. The number of aromatic nitrogens is 2. The molecule has 2 heterocycles. The van der Waals surface area contributed by atoms with Crippen molar-refractivity contribution in [3.05, 3.63) is 40.9 Å². The zero-order valence-corrected chi connectivity index (χ0v) is 17.4. The van der Waals surface area contributed by atoms with E-state index in [-0.39, 0.29) is 23.9 Å². The second kappa shape index (κ2) is 8.69. The van der Waals surface area contributed by atoms with Gasteiger partial charge >= 0.3 is 0 Å². The predicted molar refractivity (Wildman–Crippen MR) is 112 cm³/mol. The van der Waals surface area contributed by atoms with E-state index in [1.165, 1.54) is 23.6 Å². The van der Waals surface area contributed by atoms with Crippen LogP contribution in [0.4, 0.5) is 9.52 Å². The Labute approximate surface area is 176 Å². The summed E-state index contributed by atoms with van der Waals surface area (Å²) in [7, 11) is 1.57. The number of aliphatic hydroxyl groups excluding tert-OH is 1. The first kappa shape index (κ1) is 20.1. The van der Waals surface area contributed by atoms with Gasteiger partial charge in [0.05, 0.1) is 24.0 Å². The minimum absolute atomic E-state index is 0.00504. The summed E-state index contributed by atoms with van der Waals surface area (Å²) in [6.07, 6.45) is 4.95. The van der Waals surface area contributed by atoms with Crippen LogP contribution >= 0.6 is 22.9 Å². The number of ether oxygens (including phenoxy) is 2. The maximum Gasteiger partial charge on any atom is 0.184 e. The maximum absolute atomic E-state index is 14.0. The van der Waals surface area contributed by atoms with Gasteiger partial charge in [0.2, 0.25) is 0 Å². The summed E-state index contributed by atoms with van der Waals surface area (Å²) in [6, 6.07) is 5.10. The molecule has 154 valence electrons. The number of rotatable bonds is 6. The van der Waals surface area contributed by atoms with Gasteiger partial charge in [-0.05, 0) is 25.0 Å². The molecule has 1 aliphatic carbocycles. The Morgan fingerprint density at radius 2 is 2.17 bits per heavy atom. The van der Waals surface area contributed by atoms with E-state index in [1.807, 2.05) is 6.07 Å². The van der Waals surface area contributed by atoms with Crippen molar-refractivity contribution in [2.75, 3.05) is 12.4 Å². The van der Waals surface area contributed by atoms with Gasteiger partial charge in [-0.3, -0.25) is 0 Å². The van der Waals surface area contributed by atoms with E-state index in [0.29, 0.717) is 17.1 Å². The van der Waals surface area contributed by atoms with Crippen molar-refractivity contribution in [3.63, 3.8) is 0 Å². The first-order chi connectivity index (χ1) is 14.0. The van der Waals surface area contributed by atoms with Gasteiger partial charge in [0.25, 0.3) is 0 Å². The molecule has 0 aliphatic heterocycles. The smallest absolute Gasteiger partial charge is 0.184 e. The highest BCUT2D eigenvalue weighted by molar-refractivity contribution is 7.22. The Hall–Kier alpha value is -2.16. The zero-order chi connectivity index (χ0) is 20.4. The molecule has 29 heavy (non-hydrogen) atoms. The van der Waals surface area contributed by atoms with Gasteiger partial charge in [-0.2, -0.15) is 0 Å². The Morgan fingerprint density at radius 3 is 2.97 bits per heavy atom. The Balaban J connectivity index is 1.55. The van der Waals surface area contributed by atoms with Gasteiger partial charge in [0.15, 0.2) is 16.1 Å². The van der Waals surface area contributed by atoms with Crippen molar-refractivity contribution in [2.45, 2.75) is 44.4 Å². The van der Waals surface area contributed by atoms with Crippen LogP contribution in [0.1, 0.15) is 31.2 Å². The highest BCUT2D eigenvalue weighted by Crippen LogP contribution is 2.37. The number of hydrogen-bond acceptors (Lipinski definition) is 7. The lowest BCUT2D eigenvalue weighted by Crippen LogP contribution is -2.36. The second-order valence-corrected chi connectivity index (χ2v) is 8.35. The summed E-state index contributed by atoms with van der Waals surface area (Å²) >= 11 is 7.19. The molecule has 1 aromatic carbocycles. The molecule has 2 atom stereocenters. The normalized spacial score (nSPS) is 19.3. The van der Waals surface area contributed by atoms with Crippen LogP contribution < -0.4 is 14.8 Å². The van der Waals surface area contributed by atoms with Gasteiger partial charge in [0, 0.05) is 17.8 Å². The van der Waals surface area contributed by atoms with Crippen LogP contribution in [0.25, 0.3) is 10.2 Å². The largest absolute Gasteiger partial charge is 0.494 e. The van der Waals surface area contributed by atoms with Crippen LogP contribution in [0.5, 0.6) is 11.5 Å². The third-order valence-electron chi connectivity index (χ3n) is 5.01. The number of fused-ring (bicyclic) bond motifs is 1. The van der Waals surface area contributed by atoms with Crippen LogP contribution in [0.3, 0.4) is 0 Å². The molecule has 1 aliphatic rings. The number of nitrogens with zero attached hydrogens (tertiary/aromatic N) is 2. The maximum atomic E-state index is 14.0. The minimum atomic E-state index is -0.586. The molecule has 0 unspecified atom stereocenters. The molecule has 0 spiro atoms. The average Bonchev–Trinajstić information content (AvgIpc) is 3.12. The van der Waals surface area contributed by atoms with Crippen molar-refractivity contribution in [3.8, 4) is 11.5 Å². The van der Waals surface area contributed by atoms with E-state index in [0.717, 1.165) is 41.0 Å². The second-order valence-electron chi connectivity index (χ2n) is 6.96. The monoisotopic (exact) mass is 437 g/mol. The van der Waals surface area contributed by atoms with E-state index >= 15 is 0 Å². The molecule has 0 radical (unpaired) electrons. The van der Waals surface area contributed by atoms with Crippen LogP contribution in [-0.2, 0) is 6.61 Å². The molecular weight excluding hydrogens is 417 g/mol. The molecule has 0 saturated heterocycles. The van der Waals surface area contributed by atoms with Crippen molar-refractivity contribution in [1.29, 1.82) is 0 Å². The van der Waals surface area contributed by atoms with Crippen LogP contribution in [0.2, 0.25) is 5.15 Å². The number of thiazole rings is 1.